The number of benzene rings is 1. The Bertz CT molecular complexity index is 493. The Labute approximate surface area is 129 Å². The Hall–Kier alpha value is -1.66. The number of rotatable bonds is 4. The molecule has 1 unspecified atom stereocenters. The van der Waals surface area contributed by atoms with Gasteiger partial charge in [0.25, 0.3) is 0 Å². The van der Waals surface area contributed by atoms with E-state index in [0.29, 0.717) is 5.69 Å². The van der Waals surface area contributed by atoms with Crippen LogP contribution in [0.4, 0.5) is 10.1 Å². The standard InChI is InChI=1S/C14H18FN3O2.ClH/c15-10-4-3-5-11(8-10)18-13(19)9-17-14(20)12-6-1-2-7-16-12;/h3-5,8,12,16H,1-2,6-7,9H2,(H,17,20)(H,18,19);1H. The molecular formula is C14H19ClFN3O2. The Kier molecular flexibility index (Phi) is 7.11. The second-order valence-electron chi connectivity index (χ2n) is 4.78. The van der Waals surface area contributed by atoms with Gasteiger partial charge in [-0.3, -0.25) is 9.59 Å². The number of carbonyl (C=O) groups excluding carboxylic acids is 2. The van der Waals surface area contributed by atoms with E-state index < -0.39 is 5.82 Å². The van der Waals surface area contributed by atoms with Crippen LogP contribution < -0.4 is 16.0 Å². The summed E-state index contributed by atoms with van der Waals surface area (Å²) in [4.78, 5) is 23.4. The van der Waals surface area contributed by atoms with Crippen LogP contribution >= 0.6 is 12.4 Å². The summed E-state index contributed by atoms with van der Waals surface area (Å²) in [5.74, 6) is -0.961. The van der Waals surface area contributed by atoms with E-state index in [-0.39, 0.29) is 36.8 Å². The normalized spacial score (nSPS) is 17.5. The highest BCUT2D eigenvalue weighted by molar-refractivity contribution is 5.95. The Morgan fingerprint density at radius 1 is 1.33 bits per heavy atom. The van der Waals surface area contributed by atoms with Crippen LogP contribution in [0, 0.1) is 5.82 Å². The third-order valence-electron chi connectivity index (χ3n) is 3.16. The first kappa shape index (κ1) is 17.4. The van der Waals surface area contributed by atoms with E-state index in [1.165, 1.54) is 18.2 Å². The summed E-state index contributed by atoms with van der Waals surface area (Å²) in [7, 11) is 0. The molecule has 1 atom stereocenters. The maximum Gasteiger partial charge on any atom is 0.243 e. The first-order valence-corrected chi connectivity index (χ1v) is 6.71. The van der Waals surface area contributed by atoms with Gasteiger partial charge in [-0.25, -0.2) is 4.39 Å². The average Bonchev–Trinajstić information content (AvgIpc) is 2.46. The topological polar surface area (TPSA) is 70.2 Å². The highest BCUT2D eigenvalue weighted by Gasteiger charge is 2.20. The van der Waals surface area contributed by atoms with Gasteiger partial charge in [0.05, 0.1) is 12.6 Å². The minimum absolute atomic E-state index is 0. The average molecular weight is 316 g/mol. The number of hydrogen-bond donors (Lipinski definition) is 3. The van der Waals surface area contributed by atoms with Crippen LogP contribution in [-0.2, 0) is 9.59 Å². The zero-order valence-electron chi connectivity index (χ0n) is 11.5. The lowest BCUT2D eigenvalue weighted by Gasteiger charge is -2.22. The van der Waals surface area contributed by atoms with Crippen LogP contribution in [-0.4, -0.2) is 30.9 Å². The van der Waals surface area contributed by atoms with Crippen molar-refractivity contribution < 1.29 is 14.0 Å². The highest BCUT2D eigenvalue weighted by atomic mass is 35.5. The molecule has 1 fully saturated rings. The smallest absolute Gasteiger partial charge is 0.243 e. The van der Waals surface area contributed by atoms with Crippen molar-refractivity contribution in [3.05, 3.63) is 30.1 Å². The van der Waals surface area contributed by atoms with Gasteiger partial charge in [-0.05, 0) is 37.6 Å². The number of hydrogen-bond acceptors (Lipinski definition) is 3. The van der Waals surface area contributed by atoms with E-state index in [2.05, 4.69) is 16.0 Å². The second-order valence-corrected chi connectivity index (χ2v) is 4.78. The molecule has 0 spiro atoms. The van der Waals surface area contributed by atoms with E-state index in [0.717, 1.165) is 25.8 Å². The molecule has 1 aliphatic heterocycles. The van der Waals surface area contributed by atoms with Crippen molar-refractivity contribution >= 4 is 29.9 Å². The van der Waals surface area contributed by atoms with Gasteiger partial charge in [-0.15, -0.1) is 12.4 Å². The minimum atomic E-state index is -0.418. The molecule has 5 nitrogen and oxygen atoms in total. The monoisotopic (exact) mass is 315 g/mol. The van der Waals surface area contributed by atoms with Crippen molar-refractivity contribution in [2.45, 2.75) is 25.3 Å². The summed E-state index contributed by atoms with van der Waals surface area (Å²) in [6.07, 6.45) is 2.88. The molecule has 1 aromatic carbocycles. The van der Waals surface area contributed by atoms with E-state index in [1.807, 2.05) is 0 Å². The Morgan fingerprint density at radius 2 is 2.14 bits per heavy atom. The fraction of sp³-hybridized carbons (Fsp3) is 0.429. The predicted octanol–water partition coefficient (Wildman–Crippen LogP) is 1.44. The van der Waals surface area contributed by atoms with Gasteiger partial charge in [0.15, 0.2) is 0 Å². The van der Waals surface area contributed by atoms with Crippen molar-refractivity contribution in [2.24, 2.45) is 0 Å². The van der Waals surface area contributed by atoms with Gasteiger partial charge in [-0.2, -0.15) is 0 Å². The lowest BCUT2D eigenvalue weighted by molar-refractivity contribution is -0.126. The summed E-state index contributed by atoms with van der Waals surface area (Å²) in [6.45, 7) is 0.709. The molecule has 116 valence electrons. The van der Waals surface area contributed by atoms with Crippen molar-refractivity contribution in [3.63, 3.8) is 0 Å². The quantitative estimate of drug-likeness (QED) is 0.787. The molecule has 2 rings (SSSR count). The molecule has 21 heavy (non-hydrogen) atoms. The lowest BCUT2D eigenvalue weighted by atomic mass is 10.0. The molecule has 0 radical (unpaired) electrons. The molecular weight excluding hydrogens is 297 g/mol. The molecule has 1 saturated heterocycles. The molecule has 0 aromatic heterocycles. The molecule has 7 heteroatoms. The minimum Gasteiger partial charge on any atom is -0.346 e. The molecule has 0 aliphatic carbocycles. The van der Waals surface area contributed by atoms with E-state index in [9.17, 15) is 14.0 Å². The zero-order valence-corrected chi connectivity index (χ0v) is 12.3. The van der Waals surface area contributed by atoms with Crippen LogP contribution in [0.1, 0.15) is 19.3 Å². The molecule has 2 amide bonds. The van der Waals surface area contributed by atoms with Crippen molar-refractivity contribution in [1.82, 2.24) is 10.6 Å². The Morgan fingerprint density at radius 3 is 2.81 bits per heavy atom. The fourth-order valence-corrected chi connectivity index (χ4v) is 2.14. The van der Waals surface area contributed by atoms with E-state index in [1.54, 1.807) is 6.07 Å². The zero-order chi connectivity index (χ0) is 14.4. The third kappa shape index (κ3) is 5.69. The van der Waals surface area contributed by atoms with Crippen LogP contribution in [0.25, 0.3) is 0 Å². The maximum absolute atomic E-state index is 12.9. The van der Waals surface area contributed by atoms with Crippen LogP contribution in [0.5, 0.6) is 0 Å². The van der Waals surface area contributed by atoms with Gasteiger partial charge in [0.1, 0.15) is 5.82 Å². The fourth-order valence-electron chi connectivity index (χ4n) is 2.14. The van der Waals surface area contributed by atoms with Crippen LogP contribution in [0.2, 0.25) is 0 Å². The predicted molar refractivity (Wildman–Crippen MR) is 80.9 cm³/mol. The summed E-state index contributed by atoms with van der Waals surface area (Å²) < 4.78 is 12.9. The van der Waals surface area contributed by atoms with Gasteiger partial charge in [-0.1, -0.05) is 12.5 Å². The van der Waals surface area contributed by atoms with E-state index in [4.69, 9.17) is 0 Å². The third-order valence-corrected chi connectivity index (χ3v) is 3.16. The maximum atomic E-state index is 12.9. The van der Waals surface area contributed by atoms with Gasteiger partial charge in [0.2, 0.25) is 11.8 Å². The molecule has 1 aromatic rings. The second kappa shape index (κ2) is 8.59. The van der Waals surface area contributed by atoms with Gasteiger partial charge >= 0.3 is 0 Å². The first-order chi connectivity index (χ1) is 9.65. The van der Waals surface area contributed by atoms with E-state index >= 15 is 0 Å². The number of anilines is 1. The summed E-state index contributed by atoms with van der Waals surface area (Å²) in [6, 6.07) is 5.40. The van der Waals surface area contributed by atoms with Gasteiger partial charge < -0.3 is 16.0 Å². The summed E-state index contributed by atoms with van der Waals surface area (Å²) in [5.41, 5.74) is 0.375. The Balaban J connectivity index is 0.00000220. The van der Waals surface area contributed by atoms with Crippen molar-refractivity contribution in [1.29, 1.82) is 0 Å². The SMILES string of the molecule is Cl.O=C(CNC(=O)C1CCCCN1)Nc1cccc(F)c1. The lowest BCUT2D eigenvalue weighted by Crippen LogP contribution is -2.48. The number of halogens is 2. The molecule has 1 heterocycles. The van der Waals surface area contributed by atoms with Crippen LogP contribution in [0.3, 0.4) is 0 Å². The largest absolute Gasteiger partial charge is 0.346 e. The molecule has 3 N–H and O–H groups in total. The highest BCUT2D eigenvalue weighted by Crippen LogP contribution is 2.09. The molecule has 0 bridgehead atoms. The number of amides is 2. The summed E-state index contributed by atoms with van der Waals surface area (Å²) >= 11 is 0. The molecule has 0 saturated carbocycles. The first-order valence-electron chi connectivity index (χ1n) is 6.71. The van der Waals surface area contributed by atoms with Crippen molar-refractivity contribution in [2.75, 3.05) is 18.4 Å². The molecule has 1 aliphatic rings. The summed E-state index contributed by atoms with van der Waals surface area (Å²) in [5, 5.41) is 8.21. The number of piperidine rings is 1. The number of carbonyl (C=O) groups is 2. The van der Waals surface area contributed by atoms with Gasteiger partial charge in [0, 0.05) is 5.69 Å². The van der Waals surface area contributed by atoms with Crippen LogP contribution in [0.15, 0.2) is 24.3 Å². The number of nitrogens with one attached hydrogen (secondary N) is 3. The van der Waals surface area contributed by atoms with Crippen molar-refractivity contribution in [3.8, 4) is 0 Å².